The van der Waals surface area contributed by atoms with E-state index in [0.29, 0.717) is 24.4 Å². The van der Waals surface area contributed by atoms with Crippen LogP contribution in [0.5, 0.6) is 0 Å². The van der Waals surface area contributed by atoms with E-state index in [1.54, 1.807) is 0 Å². The number of carbonyl (C=O) groups is 2. The predicted molar refractivity (Wildman–Crippen MR) is 81.6 cm³/mol. The number of carbonyl (C=O) groups excluding carboxylic acids is 1. The number of carboxylic acid groups (broad SMARTS) is 1. The molecular weight excluding hydrogens is 292 g/mol. The molecule has 1 aliphatic carbocycles. The van der Waals surface area contributed by atoms with Gasteiger partial charge in [-0.2, -0.15) is 0 Å². The minimum atomic E-state index is -1.10. The SMILES string of the molecule is CC1CCCC(N)(C(=O)Nc2cc(Cl)cc(C(=O)O)c2)C1. The molecule has 21 heavy (non-hydrogen) atoms. The Morgan fingerprint density at radius 2 is 2.14 bits per heavy atom. The van der Waals surface area contributed by atoms with Crippen molar-refractivity contribution < 1.29 is 14.7 Å². The first-order valence-corrected chi connectivity index (χ1v) is 7.32. The van der Waals surface area contributed by atoms with Gasteiger partial charge in [-0.25, -0.2) is 4.79 Å². The number of benzene rings is 1. The molecule has 6 heteroatoms. The number of rotatable bonds is 3. The number of aromatic carboxylic acids is 1. The lowest BCUT2D eigenvalue weighted by Crippen LogP contribution is -2.53. The highest BCUT2D eigenvalue weighted by molar-refractivity contribution is 6.31. The van der Waals surface area contributed by atoms with Gasteiger partial charge in [-0.3, -0.25) is 4.79 Å². The molecule has 0 spiro atoms. The Labute approximate surface area is 128 Å². The standard InChI is InChI=1S/C15H19ClN2O3/c1-9-3-2-4-15(17,8-9)14(21)18-12-6-10(13(19)20)5-11(16)7-12/h5-7,9H,2-4,8,17H2,1H3,(H,18,21)(H,19,20). The van der Waals surface area contributed by atoms with Gasteiger partial charge < -0.3 is 16.2 Å². The molecule has 1 fully saturated rings. The molecule has 0 radical (unpaired) electrons. The number of anilines is 1. The van der Waals surface area contributed by atoms with E-state index in [4.69, 9.17) is 22.4 Å². The molecule has 114 valence electrons. The smallest absolute Gasteiger partial charge is 0.335 e. The lowest BCUT2D eigenvalue weighted by Gasteiger charge is -2.35. The number of hydrogen-bond donors (Lipinski definition) is 3. The zero-order valence-corrected chi connectivity index (χ0v) is 12.6. The molecule has 1 aromatic rings. The van der Waals surface area contributed by atoms with E-state index in [0.717, 1.165) is 12.8 Å². The molecule has 5 nitrogen and oxygen atoms in total. The van der Waals surface area contributed by atoms with Crippen LogP contribution in [0.4, 0.5) is 5.69 Å². The van der Waals surface area contributed by atoms with Crippen LogP contribution in [0.25, 0.3) is 0 Å². The molecule has 1 aliphatic rings. The number of carboxylic acids is 1. The zero-order valence-electron chi connectivity index (χ0n) is 11.9. The quantitative estimate of drug-likeness (QED) is 0.800. The fraction of sp³-hybridized carbons (Fsp3) is 0.467. The highest BCUT2D eigenvalue weighted by Gasteiger charge is 2.38. The maximum atomic E-state index is 12.4. The van der Waals surface area contributed by atoms with Gasteiger partial charge in [-0.15, -0.1) is 0 Å². The minimum Gasteiger partial charge on any atom is -0.478 e. The van der Waals surface area contributed by atoms with E-state index in [1.807, 2.05) is 0 Å². The largest absolute Gasteiger partial charge is 0.478 e. The summed E-state index contributed by atoms with van der Waals surface area (Å²) in [5.74, 6) is -0.974. The van der Waals surface area contributed by atoms with Crippen molar-refractivity contribution >= 4 is 29.2 Å². The second-order valence-electron chi connectivity index (χ2n) is 5.85. The van der Waals surface area contributed by atoms with E-state index in [1.165, 1.54) is 18.2 Å². The minimum absolute atomic E-state index is 0.0286. The summed E-state index contributed by atoms with van der Waals surface area (Å²) in [4.78, 5) is 23.4. The van der Waals surface area contributed by atoms with Gasteiger partial charge in [0.1, 0.15) is 0 Å². The van der Waals surface area contributed by atoms with Gasteiger partial charge in [0.15, 0.2) is 0 Å². The van der Waals surface area contributed by atoms with Gasteiger partial charge in [0.2, 0.25) is 5.91 Å². The Balaban J connectivity index is 2.17. The second kappa shape index (κ2) is 6.03. The summed E-state index contributed by atoms with van der Waals surface area (Å²) >= 11 is 5.88. The van der Waals surface area contributed by atoms with Crippen molar-refractivity contribution in [3.63, 3.8) is 0 Å². The highest BCUT2D eigenvalue weighted by Crippen LogP contribution is 2.31. The summed E-state index contributed by atoms with van der Waals surface area (Å²) in [5.41, 5.74) is 5.70. The van der Waals surface area contributed by atoms with Crippen LogP contribution in [0.2, 0.25) is 5.02 Å². The van der Waals surface area contributed by atoms with Crippen LogP contribution in [-0.2, 0) is 4.79 Å². The van der Waals surface area contributed by atoms with Crippen molar-refractivity contribution in [2.45, 2.75) is 38.1 Å². The van der Waals surface area contributed by atoms with E-state index in [2.05, 4.69) is 12.2 Å². The molecule has 2 rings (SSSR count). The average Bonchev–Trinajstić information content (AvgIpc) is 2.37. The van der Waals surface area contributed by atoms with Crippen molar-refractivity contribution in [1.29, 1.82) is 0 Å². The molecule has 0 heterocycles. The Morgan fingerprint density at radius 1 is 1.43 bits per heavy atom. The van der Waals surface area contributed by atoms with Crippen LogP contribution in [0.1, 0.15) is 43.0 Å². The van der Waals surface area contributed by atoms with Gasteiger partial charge in [-0.05, 0) is 37.0 Å². The Hall–Kier alpha value is -1.59. The zero-order chi connectivity index (χ0) is 15.6. The lowest BCUT2D eigenvalue weighted by molar-refractivity contribution is -0.122. The van der Waals surface area contributed by atoms with Crippen LogP contribution < -0.4 is 11.1 Å². The summed E-state index contributed by atoms with van der Waals surface area (Å²) in [6.45, 7) is 2.08. The van der Waals surface area contributed by atoms with E-state index < -0.39 is 11.5 Å². The van der Waals surface area contributed by atoms with Crippen LogP contribution in [0.15, 0.2) is 18.2 Å². The maximum Gasteiger partial charge on any atom is 0.335 e. The Kier molecular flexibility index (Phi) is 4.54. The van der Waals surface area contributed by atoms with E-state index in [-0.39, 0.29) is 16.5 Å². The molecule has 1 amide bonds. The third-order valence-electron chi connectivity index (χ3n) is 3.89. The van der Waals surface area contributed by atoms with Gasteiger partial charge in [0.05, 0.1) is 11.1 Å². The van der Waals surface area contributed by atoms with Crippen LogP contribution >= 0.6 is 11.6 Å². The van der Waals surface area contributed by atoms with E-state index in [9.17, 15) is 9.59 Å². The number of nitrogens with two attached hydrogens (primary N) is 1. The Bertz CT molecular complexity index is 576. The first-order valence-electron chi connectivity index (χ1n) is 6.94. The first-order chi connectivity index (χ1) is 9.80. The molecule has 4 N–H and O–H groups in total. The van der Waals surface area contributed by atoms with Crippen LogP contribution in [0, 0.1) is 5.92 Å². The lowest BCUT2D eigenvalue weighted by atomic mass is 9.76. The summed E-state index contributed by atoms with van der Waals surface area (Å²) < 4.78 is 0. The predicted octanol–water partition coefficient (Wildman–Crippen LogP) is 2.88. The summed E-state index contributed by atoms with van der Waals surface area (Å²) in [6, 6.07) is 4.23. The van der Waals surface area contributed by atoms with Gasteiger partial charge in [0.25, 0.3) is 0 Å². The molecule has 2 unspecified atom stereocenters. The summed E-state index contributed by atoms with van der Waals surface area (Å²) in [6.07, 6.45) is 3.26. The normalized spacial score (nSPS) is 25.4. The molecule has 1 saturated carbocycles. The van der Waals surface area contributed by atoms with Gasteiger partial charge >= 0.3 is 5.97 Å². The number of halogens is 1. The molecule has 0 aromatic heterocycles. The number of nitrogens with one attached hydrogen (secondary N) is 1. The first kappa shape index (κ1) is 15.8. The summed E-state index contributed by atoms with van der Waals surface area (Å²) in [7, 11) is 0. The van der Waals surface area contributed by atoms with Crippen molar-refractivity contribution in [3.8, 4) is 0 Å². The second-order valence-corrected chi connectivity index (χ2v) is 6.28. The summed E-state index contributed by atoms with van der Waals surface area (Å²) in [5, 5.41) is 12.0. The number of hydrogen-bond acceptors (Lipinski definition) is 3. The topological polar surface area (TPSA) is 92.4 Å². The van der Waals surface area contributed by atoms with Crippen molar-refractivity contribution in [3.05, 3.63) is 28.8 Å². The molecule has 0 saturated heterocycles. The van der Waals surface area contributed by atoms with Crippen LogP contribution in [-0.4, -0.2) is 22.5 Å². The highest BCUT2D eigenvalue weighted by atomic mass is 35.5. The van der Waals surface area contributed by atoms with Gasteiger partial charge in [-0.1, -0.05) is 31.4 Å². The van der Waals surface area contributed by atoms with Crippen LogP contribution in [0.3, 0.4) is 0 Å². The Morgan fingerprint density at radius 3 is 2.76 bits per heavy atom. The molecule has 0 aliphatic heterocycles. The number of amides is 1. The van der Waals surface area contributed by atoms with Crippen molar-refractivity contribution in [2.75, 3.05) is 5.32 Å². The fourth-order valence-electron chi connectivity index (χ4n) is 2.84. The fourth-order valence-corrected chi connectivity index (χ4v) is 3.07. The molecule has 0 bridgehead atoms. The maximum absolute atomic E-state index is 12.4. The average molecular weight is 311 g/mol. The van der Waals surface area contributed by atoms with Gasteiger partial charge in [0, 0.05) is 10.7 Å². The third-order valence-corrected chi connectivity index (χ3v) is 4.11. The van der Waals surface area contributed by atoms with Crippen molar-refractivity contribution in [1.82, 2.24) is 0 Å². The molecular formula is C15H19ClN2O3. The van der Waals surface area contributed by atoms with Crippen molar-refractivity contribution in [2.24, 2.45) is 11.7 Å². The third kappa shape index (κ3) is 3.74. The molecule has 2 atom stereocenters. The molecule has 1 aromatic carbocycles. The monoisotopic (exact) mass is 310 g/mol. The van der Waals surface area contributed by atoms with E-state index >= 15 is 0 Å².